The monoisotopic (exact) mass is 352 g/mol. The molecule has 8 nitrogen and oxygen atoms in total. The Kier molecular flexibility index (Phi) is 6.64. The van der Waals surface area contributed by atoms with Crippen molar-refractivity contribution in [2.45, 2.75) is 0 Å². The highest BCUT2D eigenvalue weighted by Crippen LogP contribution is 2.17. The molecule has 0 spiro atoms. The number of hydrogen-bond acceptors (Lipinski definition) is 8. The molecule has 0 atom stereocenters. The van der Waals surface area contributed by atoms with Crippen molar-refractivity contribution in [1.29, 1.82) is 0 Å². The highest BCUT2D eigenvalue weighted by molar-refractivity contribution is 6.31. The van der Waals surface area contributed by atoms with E-state index in [1.165, 1.54) is 49.1 Å². The van der Waals surface area contributed by atoms with Crippen molar-refractivity contribution in [2.24, 2.45) is 0 Å². The molecule has 0 unspecified atom stereocenters. The summed E-state index contributed by atoms with van der Waals surface area (Å²) in [7, 11) is 0. The Morgan fingerprint density at radius 2 is 1.04 bits per heavy atom. The second kappa shape index (κ2) is 9.38. The summed E-state index contributed by atoms with van der Waals surface area (Å²) in [6.07, 6.45) is 8.47. The summed E-state index contributed by atoms with van der Waals surface area (Å²) in [5.74, 6) is -3.01. The van der Waals surface area contributed by atoms with Gasteiger partial charge in [0.15, 0.2) is 0 Å². The Bertz CT molecular complexity index is 786. The number of allylic oxidation sites excluding steroid dienone is 2. The number of nitrogens with zero attached hydrogens (tertiary/aromatic N) is 2. The van der Waals surface area contributed by atoms with E-state index in [1.54, 1.807) is 0 Å². The molecule has 0 aliphatic heterocycles. The molecule has 2 aromatic heterocycles. The number of rotatable bonds is 6. The van der Waals surface area contributed by atoms with Crippen molar-refractivity contribution in [3.8, 4) is 0 Å². The van der Waals surface area contributed by atoms with Crippen LogP contribution in [0.25, 0.3) is 11.5 Å². The highest BCUT2D eigenvalue weighted by Gasteiger charge is 2.22. The zero-order valence-corrected chi connectivity index (χ0v) is 13.3. The molecule has 8 heteroatoms. The van der Waals surface area contributed by atoms with Crippen LogP contribution in [0.5, 0.6) is 0 Å². The van der Waals surface area contributed by atoms with Gasteiger partial charge >= 0.3 is 11.9 Å². The number of aromatic nitrogens is 2. The maximum absolute atomic E-state index is 12.0. The number of ether oxygens (including phenoxy) is 2. The van der Waals surface area contributed by atoms with Gasteiger partial charge in [0.2, 0.25) is 0 Å². The first kappa shape index (κ1) is 18.4. The first-order valence-corrected chi connectivity index (χ1v) is 7.21. The van der Waals surface area contributed by atoms with Gasteiger partial charge in [-0.25, -0.2) is 9.59 Å². The summed E-state index contributed by atoms with van der Waals surface area (Å²) in [5.41, 5.74) is 0.733. The molecule has 130 valence electrons. The minimum atomic E-state index is -1.36. The Labute approximate surface area is 147 Å². The molecule has 0 fully saturated rings. The minimum Gasteiger partial charge on any atom is -0.417 e. The number of esters is 2. The Hall–Kier alpha value is -3.94. The maximum atomic E-state index is 12.0. The van der Waals surface area contributed by atoms with E-state index in [1.807, 2.05) is 0 Å². The van der Waals surface area contributed by atoms with Crippen molar-refractivity contribution in [2.75, 3.05) is 0 Å². The zero-order valence-electron chi connectivity index (χ0n) is 13.3. The largest absolute Gasteiger partial charge is 0.423 e. The summed E-state index contributed by atoms with van der Waals surface area (Å²) in [4.78, 5) is 53.0. The molecule has 2 heterocycles. The van der Waals surface area contributed by atoms with Crippen LogP contribution >= 0.6 is 0 Å². The van der Waals surface area contributed by atoms with Crippen LogP contribution < -0.4 is 0 Å². The van der Waals surface area contributed by atoms with Crippen molar-refractivity contribution in [3.63, 3.8) is 0 Å². The number of carbonyl (C=O) groups is 4. The zero-order chi connectivity index (χ0) is 18.8. The van der Waals surface area contributed by atoms with E-state index < -0.39 is 11.9 Å². The lowest BCUT2D eigenvalue weighted by Crippen LogP contribution is -2.19. The van der Waals surface area contributed by atoms with Gasteiger partial charge in [0.25, 0.3) is 0 Å². The molecule has 0 radical (unpaired) electrons. The van der Waals surface area contributed by atoms with Crippen LogP contribution in [0.4, 0.5) is 0 Å². The third kappa shape index (κ3) is 5.03. The topological polar surface area (TPSA) is 113 Å². The third-order valence-electron chi connectivity index (χ3n) is 2.94. The maximum Gasteiger partial charge on any atom is 0.423 e. The van der Waals surface area contributed by atoms with Gasteiger partial charge in [-0.15, -0.1) is 0 Å². The Morgan fingerprint density at radius 1 is 0.692 bits per heavy atom. The lowest BCUT2D eigenvalue weighted by Gasteiger charge is -2.09. The highest BCUT2D eigenvalue weighted by atomic mass is 16.6. The van der Waals surface area contributed by atoms with Crippen molar-refractivity contribution >= 4 is 36.0 Å². The van der Waals surface area contributed by atoms with Gasteiger partial charge in [-0.2, -0.15) is 0 Å². The van der Waals surface area contributed by atoms with Gasteiger partial charge in [-0.1, -0.05) is 0 Å². The average molecular weight is 352 g/mol. The van der Waals surface area contributed by atoms with E-state index in [0.717, 1.165) is 12.2 Å². The van der Waals surface area contributed by atoms with Gasteiger partial charge in [-0.05, 0) is 24.3 Å². The molecule has 0 saturated carbocycles. The van der Waals surface area contributed by atoms with Crippen molar-refractivity contribution in [3.05, 3.63) is 72.3 Å². The van der Waals surface area contributed by atoms with Crippen LogP contribution in [-0.2, 0) is 28.7 Å². The van der Waals surface area contributed by atoms with E-state index in [9.17, 15) is 19.2 Å². The van der Waals surface area contributed by atoms with E-state index >= 15 is 0 Å². The van der Waals surface area contributed by atoms with Crippen LogP contribution in [0, 0.1) is 0 Å². The molecule has 0 bridgehead atoms. The average Bonchev–Trinajstić information content (AvgIpc) is 2.68. The summed E-state index contributed by atoms with van der Waals surface area (Å²) < 4.78 is 9.83. The van der Waals surface area contributed by atoms with Crippen LogP contribution in [0.15, 0.2) is 61.2 Å². The molecule has 0 aliphatic rings. The first-order chi connectivity index (χ1) is 12.7. The third-order valence-corrected chi connectivity index (χ3v) is 2.94. The molecule has 0 amide bonds. The Balaban J connectivity index is 2.14. The quantitative estimate of drug-likeness (QED) is 0.252. The number of hydrogen-bond donors (Lipinski definition) is 0. The van der Waals surface area contributed by atoms with Crippen LogP contribution in [0.2, 0.25) is 0 Å². The van der Waals surface area contributed by atoms with E-state index in [-0.39, 0.29) is 11.5 Å². The van der Waals surface area contributed by atoms with Gasteiger partial charge in [-0.3, -0.25) is 19.6 Å². The summed E-state index contributed by atoms with van der Waals surface area (Å²) in [5, 5.41) is 0. The van der Waals surface area contributed by atoms with Gasteiger partial charge < -0.3 is 9.47 Å². The molecule has 0 N–H and O–H groups in total. The van der Waals surface area contributed by atoms with Crippen LogP contribution in [0.3, 0.4) is 0 Å². The van der Waals surface area contributed by atoms with E-state index in [0.29, 0.717) is 23.7 Å². The fourth-order valence-electron chi connectivity index (χ4n) is 1.82. The molecular weight excluding hydrogens is 340 g/mol. The fraction of sp³-hybridized carbons (Fsp3) is 0. The number of carbonyl (C=O) groups excluding carboxylic acids is 4. The fourth-order valence-corrected chi connectivity index (χ4v) is 1.82. The van der Waals surface area contributed by atoms with E-state index in [2.05, 4.69) is 9.97 Å². The summed E-state index contributed by atoms with van der Waals surface area (Å²) >= 11 is 0. The molecule has 0 saturated heterocycles. The van der Waals surface area contributed by atoms with Gasteiger partial charge in [0.1, 0.15) is 24.1 Å². The van der Waals surface area contributed by atoms with Crippen molar-refractivity contribution in [1.82, 2.24) is 9.97 Å². The lowest BCUT2D eigenvalue weighted by atomic mass is 10.2. The molecule has 0 aliphatic carbocycles. The predicted octanol–water partition coefficient (Wildman–Crippen LogP) is 1.34. The predicted molar refractivity (Wildman–Crippen MR) is 88.7 cm³/mol. The summed E-state index contributed by atoms with van der Waals surface area (Å²) in [6.45, 7) is 0. The summed E-state index contributed by atoms with van der Waals surface area (Å²) in [6, 6.07) is 5.95. The SMILES string of the molecule is O=C/C=C(/OC(=O)C(=O)O/C(=C/C=O)c1ccncc1)c1ccncc1. The number of aldehydes is 2. The second-order valence-corrected chi connectivity index (χ2v) is 4.58. The second-order valence-electron chi connectivity index (χ2n) is 4.58. The van der Waals surface area contributed by atoms with E-state index in [4.69, 9.17) is 9.47 Å². The van der Waals surface area contributed by atoms with Crippen LogP contribution in [0.1, 0.15) is 11.1 Å². The standard InChI is InChI=1S/C18H12N2O6/c21-11-5-15(13-1-7-19-8-2-13)25-17(23)18(24)26-16(6-12-22)14-3-9-20-10-4-14/h1-12H/b15-5+,16-6+. The smallest absolute Gasteiger partial charge is 0.417 e. The first-order valence-electron chi connectivity index (χ1n) is 7.21. The molecule has 2 rings (SSSR count). The molecule has 2 aromatic rings. The van der Waals surface area contributed by atoms with Gasteiger partial charge in [0, 0.05) is 48.1 Å². The molecular formula is C18H12N2O6. The van der Waals surface area contributed by atoms with Crippen molar-refractivity contribution < 1.29 is 28.7 Å². The lowest BCUT2D eigenvalue weighted by molar-refractivity contribution is -0.159. The number of pyridine rings is 2. The van der Waals surface area contributed by atoms with Crippen LogP contribution in [-0.4, -0.2) is 34.5 Å². The molecule has 0 aromatic carbocycles. The van der Waals surface area contributed by atoms with Gasteiger partial charge in [0.05, 0.1) is 0 Å². The minimum absolute atomic E-state index is 0.144. The Morgan fingerprint density at radius 3 is 1.35 bits per heavy atom. The normalized spacial score (nSPS) is 11.4. The molecule has 26 heavy (non-hydrogen) atoms.